The zero-order chi connectivity index (χ0) is 17.4. The number of thiophene rings is 1. The standard InChI is InChI=1S/C18H17N3O3S/c1-23-12-4-2-11(3-5-12)20-17(22)16-15(19)13-8-10-9-24-7-6-14(10)21-18(13)25-16/h2-5,8H,6-7,9,19H2,1H3,(H,20,22). The van der Waals surface area contributed by atoms with Crippen LogP contribution in [0.3, 0.4) is 0 Å². The number of hydrogen-bond acceptors (Lipinski definition) is 6. The maximum absolute atomic E-state index is 12.6. The van der Waals surface area contributed by atoms with Crippen molar-refractivity contribution >= 4 is 38.8 Å². The topological polar surface area (TPSA) is 86.5 Å². The SMILES string of the molecule is COc1ccc(NC(=O)c2sc3nc4c(cc3c2N)COCC4)cc1. The highest BCUT2D eigenvalue weighted by Crippen LogP contribution is 2.35. The monoisotopic (exact) mass is 355 g/mol. The summed E-state index contributed by atoms with van der Waals surface area (Å²) in [7, 11) is 1.60. The van der Waals surface area contributed by atoms with Crippen LogP contribution in [0.2, 0.25) is 0 Å². The summed E-state index contributed by atoms with van der Waals surface area (Å²) in [5.41, 5.74) is 9.45. The van der Waals surface area contributed by atoms with Crippen molar-refractivity contribution in [2.24, 2.45) is 0 Å². The average Bonchev–Trinajstić information content (AvgIpc) is 2.96. The van der Waals surface area contributed by atoms with Crippen molar-refractivity contribution < 1.29 is 14.3 Å². The van der Waals surface area contributed by atoms with E-state index >= 15 is 0 Å². The summed E-state index contributed by atoms with van der Waals surface area (Å²) < 4.78 is 10.6. The number of carbonyl (C=O) groups is 1. The Morgan fingerprint density at radius 2 is 2.16 bits per heavy atom. The smallest absolute Gasteiger partial charge is 0.267 e. The number of benzene rings is 1. The number of nitrogens with two attached hydrogens (primary N) is 1. The van der Waals surface area contributed by atoms with E-state index in [-0.39, 0.29) is 5.91 Å². The molecule has 0 spiro atoms. The van der Waals surface area contributed by atoms with Crippen molar-refractivity contribution in [3.05, 3.63) is 46.5 Å². The quantitative estimate of drug-likeness (QED) is 0.753. The molecule has 1 aliphatic heterocycles. The molecule has 4 rings (SSSR count). The molecular weight excluding hydrogens is 338 g/mol. The zero-order valence-electron chi connectivity index (χ0n) is 13.7. The summed E-state index contributed by atoms with van der Waals surface area (Å²) in [6.45, 7) is 1.22. The predicted molar refractivity (Wildman–Crippen MR) is 98.3 cm³/mol. The number of anilines is 2. The summed E-state index contributed by atoms with van der Waals surface area (Å²) in [5, 5.41) is 3.68. The number of rotatable bonds is 3. The Hall–Kier alpha value is -2.64. The normalized spacial score (nSPS) is 13.5. The van der Waals surface area contributed by atoms with Crippen LogP contribution >= 0.6 is 11.3 Å². The van der Waals surface area contributed by atoms with Gasteiger partial charge < -0.3 is 20.5 Å². The Labute approximate surface area is 148 Å². The summed E-state index contributed by atoms with van der Waals surface area (Å²) in [6, 6.07) is 9.15. The van der Waals surface area contributed by atoms with E-state index in [0.29, 0.717) is 29.5 Å². The minimum atomic E-state index is -0.236. The number of fused-ring (bicyclic) bond motifs is 2. The summed E-state index contributed by atoms with van der Waals surface area (Å²) in [4.78, 5) is 18.6. The summed E-state index contributed by atoms with van der Waals surface area (Å²) >= 11 is 1.32. The molecule has 0 fully saturated rings. The second kappa shape index (κ2) is 6.34. The Balaban J connectivity index is 1.65. The van der Waals surface area contributed by atoms with Crippen LogP contribution in [-0.2, 0) is 17.8 Å². The van der Waals surface area contributed by atoms with Crippen LogP contribution in [0.5, 0.6) is 5.75 Å². The predicted octanol–water partition coefficient (Wildman–Crippen LogP) is 3.21. The van der Waals surface area contributed by atoms with Gasteiger partial charge in [-0.05, 0) is 30.3 Å². The number of aromatic nitrogens is 1. The third kappa shape index (κ3) is 2.92. The average molecular weight is 355 g/mol. The van der Waals surface area contributed by atoms with Gasteiger partial charge in [0.25, 0.3) is 5.91 Å². The fraction of sp³-hybridized carbons (Fsp3) is 0.222. The van der Waals surface area contributed by atoms with Crippen LogP contribution in [0.25, 0.3) is 10.2 Å². The van der Waals surface area contributed by atoms with Crippen LogP contribution in [0.4, 0.5) is 11.4 Å². The molecule has 3 heterocycles. The van der Waals surface area contributed by atoms with Crippen molar-refractivity contribution in [1.29, 1.82) is 0 Å². The van der Waals surface area contributed by atoms with Gasteiger partial charge in [-0.15, -0.1) is 11.3 Å². The fourth-order valence-corrected chi connectivity index (χ4v) is 3.83. The zero-order valence-corrected chi connectivity index (χ0v) is 14.5. The number of nitrogens with one attached hydrogen (secondary N) is 1. The first-order valence-electron chi connectivity index (χ1n) is 7.89. The molecule has 0 unspecified atom stereocenters. The van der Waals surface area contributed by atoms with Gasteiger partial charge in [-0.25, -0.2) is 4.98 Å². The number of pyridine rings is 1. The lowest BCUT2D eigenvalue weighted by Crippen LogP contribution is -2.12. The van der Waals surface area contributed by atoms with Gasteiger partial charge in [-0.1, -0.05) is 0 Å². The molecule has 0 saturated heterocycles. The highest BCUT2D eigenvalue weighted by atomic mass is 32.1. The Morgan fingerprint density at radius 3 is 2.92 bits per heavy atom. The molecule has 0 saturated carbocycles. The first-order chi connectivity index (χ1) is 12.2. The van der Waals surface area contributed by atoms with E-state index in [9.17, 15) is 4.79 Å². The Morgan fingerprint density at radius 1 is 1.36 bits per heavy atom. The van der Waals surface area contributed by atoms with Crippen LogP contribution in [-0.4, -0.2) is 24.6 Å². The molecule has 3 N–H and O–H groups in total. The maximum Gasteiger partial charge on any atom is 0.267 e. The molecule has 7 heteroatoms. The highest BCUT2D eigenvalue weighted by molar-refractivity contribution is 7.21. The number of hydrogen-bond donors (Lipinski definition) is 2. The molecule has 0 bridgehead atoms. The van der Waals surface area contributed by atoms with E-state index in [1.807, 2.05) is 6.07 Å². The summed E-state index contributed by atoms with van der Waals surface area (Å²) in [6.07, 6.45) is 0.788. The minimum Gasteiger partial charge on any atom is -0.497 e. The van der Waals surface area contributed by atoms with E-state index in [1.54, 1.807) is 31.4 Å². The van der Waals surface area contributed by atoms with Crippen molar-refractivity contribution in [1.82, 2.24) is 4.98 Å². The van der Waals surface area contributed by atoms with E-state index in [4.69, 9.17) is 15.2 Å². The highest BCUT2D eigenvalue weighted by Gasteiger charge is 2.20. The van der Waals surface area contributed by atoms with Gasteiger partial charge in [0.1, 0.15) is 15.5 Å². The van der Waals surface area contributed by atoms with Gasteiger partial charge in [0.2, 0.25) is 0 Å². The number of ether oxygens (including phenoxy) is 2. The number of nitrogens with zero attached hydrogens (tertiary/aromatic N) is 1. The molecule has 0 atom stereocenters. The lowest BCUT2D eigenvalue weighted by Gasteiger charge is -2.15. The number of nitrogen functional groups attached to an aromatic ring is 1. The van der Waals surface area contributed by atoms with E-state index < -0.39 is 0 Å². The third-order valence-electron chi connectivity index (χ3n) is 4.18. The maximum atomic E-state index is 12.6. The first kappa shape index (κ1) is 15.9. The number of amides is 1. The van der Waals surface area contributed by atoms with E-state index in [2.05, 4.69) is 10.3 Å². The molecule has 128 valence electrons. The van der Waals surface area contributed by atoms with Crippen LogP contribution < -0.4 is 15.8 Å². The molecule has 3 aromatic rings. The summed E-state index contributed by atoms with van der Waals surface area (Å²) in [5.74, 6) is 0.497. The van der Waals surface area contributed by atoms with E-state index in [1.165, 1.54) is 11.3 Å². The van der Waals surface area contributed by atoms with Gasteiger partial charge in [-0.3, -0.25) is 4.79 Å². The molecule has 0 aliphatic carbocycles. The first-order valence-corrected chi connectivity index (χ1v) is 8.71. The van der Waals surface area contributed by atoms with Gasteiger partial charge in [0.15, 0.2) is 0 Å². The van der Waals surface area contributed by atoms with Crippen LogP contribution in [0, 0.1) is 0 Å². The van der Waals surface area contributed by atoms with E-state index in [0.717, 1.165) is 33.6 Å². The van der Waals surface area contributed by atoms with Crippen molar-refractivity contribution in [3.63, 3.8) is 0 Å². The molecule has 2 aromatic heterocycles. The van der Waals surface area contributed by atoms with Crippen LogP contribution in [0.1, 0.15) is 20.9 Å². The molecule has 1 amide bonds. The second-order valence-corrected chi connectivity index (χ2v) is 6.78. The second-order valence-electron chi connectivity index (χ2n) is 5.78. The Bertz CT molecular complexity index is 950. The number of carbonyl (C=O) groups excluding carboxylic acids is 1. The lowest BCUT2D eigenvalue weighted by atomic mass is 10.1. The molecule has 25 heavy (non-hydrogen) atoms. The third-order valence-corrected chi connectivity index (χ3v) is 5.30. The molecule has 1 aromatic carbocycles. The van der Waals surface area contributed by atoms with Gasteiger partial charge in [0, 0.05) is 28.8 Å². The Kier molecular flexibility index (Phi) is 4.03. The molecule has 0 radical (unpaired) electrons. The van der Waals surface area contributed by atoms with Crippen molar-refractivity contribution in [2.45, 2.75) is 13.0 Å². The fourth-order valence-electron chi connectivity index (χ4n) is 2.84. The van der Waals surface area contributed by atoms with Gasteiger partial charge >= 0.3 is 0 Å². The van der Waals surface area contributed by atoms with Gasteiger partial charge in [0.05, 0.1) is 26.0 Å². The van der Waals surface area contributed by atoms with Crippen LogP contribution in [0.15, 0.2) is 30.3 Å². The lowest BCUT2D eigenvalue weighted by molar-refractivity contribution is 0.103. The largest absolute Gasteiger partial charge is 0.497 e. The molecule has 1 aliphatic rings. The van der Waals surface area contributed by atoms with Gasteiger partial charge in [-0.2, -0.15) is 0 Å². The van der Waals surface area contributed by atoms with Crippen molar-refractivity contribution in [2.75, 3.05) is 24.8 Å². The minimum absolute atomic E-state index is 0.236. The van der Waals surface area contributed by atoms with Crippen molar-refractivity contribution in [3.8, 4) is 5.75 Å². The number of methoxy groups -OCH3 is 1. The molecule has 6 nitrogen and oxygen atoms in total. The molecular formula is C18H17N3O3S.